The molecule has 2 nitrogen and oxygen atoms in total. The first-order valence-corrected chi connectivity index (χ1v) is 4.02. The first kappa shape index (κ1) is 8.94. The van der Waals surface area contributed by atoms with Crippen LogP contribution in [0.1, 0.15) is 17.3 Å². The zero-order valence-electron chi connectivity index (χ0n) is 7.37. The highest BCUT2D eigenvalue weighted by molar-refractivity contribution is 5.99. The van der Waals surface area contributed by atoms with Crippen molar-refractivity contribution in [2.45, 2.75) is 13.0 Å². The van der Waals surface area contributed by atoms with Crippen LogP contribution in [0, 0.1) is 0 Å². The molecule has 1 atom stereocenters. The van der Waals surface area contributed by atoms with Crippen molar-refractivity contribution in [3.8, 4) is 0 Å². The minimum atomic E-state index is -0.104. The molecule has 12 heavy (non-hydrogen) atoms. The molecule has 1 N–H and O–H groups in total. The van der Waals surface area contributed by atoms with Crippen LogP contribution in [-0.4, -0.2) is 18.9 Å². The number of rotatable bonds is 3. The molecule has 0 aromatic heterocycles. The van der Waals surface area contributed by atoms with E-state index in [2.05, 4.69) is 5.32 Å². The average Bonchev–Trinajstić information content (AvgIpc) is 2.17. The molecule has 2 heteroatoms. The molecule has 1 aromatic carbocycles. The molecule has 0 saturated carbocycles. The second-order valence-corrected chi connectivity index (χ2v) is 2.74. The van der Waals surface area contributed by atoms with Crippen molar-refractivity contribution in [3.05, 3.63) is 35.9 Å². The summed E-state index contributed by atoms with van der Waals surface area (Å²) in [6.07, 6.45) is 0. The smallest absolute Gasteiger partial charge is 0.179 e. The van der Waals surface area contributed by atoms with Crippen LogP contribution in [0.25, 0.3) is 0 Å². The van der Waals surface area contributed by atoms with Gasteiger partial charge in [0.25, 0.3) is 0 Å². The Hall–Kier alpha value is -1.15. The maximum absolute atomic E-state index is 11.5. The van der Waals surface area contributed by atoms with Gasteiger partial charge in [0.05, 0.1) is 6.04 Å². The standard InChI is InChI=1S/C10H13NO/c1-8(11-2)10(12)9-6-4-3-5-7-9/h3-8,11H,1-2H3/t8-/m1/s1. The topological polar surface area (TPSA) is 29.1 Å². The SMILES string of the molecule is CN[C@H](C)C(=O)c1ccccc1. The molecule has 0 bridgehead atoms. The second-order valence-electron chi connectivity index (χ2n) is 2.74. The van der Waals surface area contributed by atoms with Crippen LogP contribution in [-0.2, 0) is 0 Å². The van der Waals surface area contributed by atoms with Crippen molar-refractivity contribution in [2.75, 3.05) is 7.05 Å². The third-order valence-electron chi connectivity index (χ3n) is 1.88. The molecule has 64 valence electrons. The fraction of sp³-hybridized carbons (Fsp3) is 0.300. The lowest BCUT2D eigenvalue weighted by Crippen LogP contribution is -2.30. The van der Waals surface area contributed by atoms with Gasteiger partial charge in [-0.05, 0) is 14.0 Å². The van der Waals surface area contributed by atoms with E-state index in [1.54, 1.807) is 7.05 Å². The van der Waals surface area contributed by atoms with E-state index in [1.807, 2.05) is 37.3 Å². The third kappa shape index (κ3) is 1.92. The summed E-state index contributed by atoms with van der Waals surface area (Å²) in [4.78, 5) is 11.5. The molecule has 0 aliphatic rings. The van der Waals surface area contributed by atoms with E-state index < -0.39 is 0 Å². The van der Waals surface area contributed by atoms with Crippen LogP contribution in [0.2, 0.25) is 0 Å². The molecule has 0 saturated heterocycles. The zero-order chi connectivity index (χ0) is 8.97. The molecule has 0 aliphatic carbocycles. The molecule has 1 aromatic rings. The predicted molar refractivity (Wildman–Crippen MR) is 49.3 cm³/mol. The molecule has 0 amide bonds. The first-order chi connectivity index (χ1) is 5.75. The molecular formula is C10H13NO. The molecule has 0 aliphatic heterocycles. The zero-order valence-corrected chi connectivity index (χ0v) is 7.37. The molecule has 0 radical (unpaired) electrons. The van der Waals surface area contributed by atoms with Gasteiger partial charge < -0.3 is 5.32 Å². The highest BCUT2D eigenvalue weighted by atomic mass is 16.1. The summed E-state index contributed by atoms with van der Waals surface area (Å²) in [7, 11) is 1.78. The van der Waals surface area contributed by atoms with Gasteiger partial charge in [-0.25, -0.2) is 0 Å². The number of hydrogen-bond acceptors (Lipinski definition) is 2. The predicted octanol–water partition coefficient (Wildman–Crippen LogP) is 1.48. The lowest BCUT2D eigenvalue weighted by molar-refractivity contribution is 0.0955. The summed E-state index contributed by atoms with van der Waals surface area (Å²) in [6, 6.07) is 9.20. The van der Waals surface area contributed by atoms with Gasteiger partial charge in [-0.2, -0.15) is 0 Å². The Kier molecular flexibility index (Phi) is 3.00. The summed E-state index contributed by atoms with van der Waals surface area (Å²) in [5.74, 6) is 0.137. The molecular weight excluding hydrogens is 150 g/mol. The Morgan fingerprint density at radius 2 is 1.92 bits per heavy atom. The molecule has 0 spiro atoms. The Morgan fingerprint density at radius 3 is 2.42 bits per heavy atom. The Labute approximate surface area is 72.6 Å². The van der Waals surface area contributed by atoms with E-state index in [-0.39, 0.29) is 11.8 Å². The summed E-state index contributed by atoms with van der Waals surface area (Å²) in [5, 5.41) is 2.91. The van der Waals surface area contributed by atoms with Gasteiger partial charge in [0.1, 0.15) is 0 Å². The molecule has 0 heterocycles. The Bertz CT molecular complexity index is 256. The number of benzene rings is 1. The van der Waals surface area contributed by atoms with Crippen molar-refractivity contribution in [1.82, 2.24) is 5.32 Å². The normalized spacial score (nSPS) is 12.5. The van der Waals surface area contributed by atoms with E-state index in [0.717, 1.165) is 5.56 Å². The highest BCUT2D eigenvalue weighted by Gasteiger charge is 2.11. The van der Waals surface area contributed by atoms with E-state index in [4.69, 9.17) is 0 Å². The fourth-order valence-electron chi connectivity index (χ4n) is 0.984. The summed E-state index contributed by atoms with van der Waals surface area (Å²) in [6.45, 7) is 1.86. The summed E-state index contributed by atoms with van der Waals surface area (Å²) >= 11 is 0. The number of Topliss-reactive ketones (excluding diaryl/α,β-unsaturated/α-hetero) is 1. The number of carbonyl (C=O) groups is 1. The van der Waals surface area contributed by atoms with E-state index >= 15 is 0 Å². The van der Waals surface area contributed by atoms with E-state index in [9.17, 15) is 4.79 Å². The van der Waals surface area contributed by atoms with E-state index in [1.165, 1.54) is 0 Å². The maximum atomic E-state index is 11.5. The van der Waals surface area contributed by atoms with Crippen LogP contribution in [0.4, 0.5) is 0 Å². The lowest BCUT2D eigenvalue weighted by Gasteiger charge is -2.07. The number of hydrogen-bond donors (Lipinski definition) is 1. The Morgan fingerprint density at radius 1 is 1.33 bits per heavy atom. The van der Waals surface area contributed by atoms with Crippen molar-refractivity contribution in [3.63, 3.8) is 0 Å². The van der Waals surface area contributed by atoms with E-state index in [0.29, 0.717) is 0 Å². The fourth-order valence-corrected chi connectivity index (χ4v) is 0.984. The van der Waals surface area contributed by atoms with Gasteiger partial charge in [-0.15, -0.1) is 0 Å². The molecule has 0 unspecified atom stereocenters. The quantitative estimate of drug-likeness (QED) is 0.684. The molecule has 0 fully saturated rings. The third-order valence-corrected chi connectivity index (χ3v) is 1.88. The van der Waals surface area contributed by atoms with Crippen LogP contribution in [0.15, 0.2) is 30.3 Å². The van der Waals surface area contributed by atoms with Crippen LogP contribution < -0.4 is 5.32 Å². The van der Waals surface area contributed by atoms with Gasteiger partial charge >= 0.3 is 0 Å². The Balaban J connectivity index is 2.79. The minimum absolute atomic E-state index is 0.104. The number of likely N-dealkylation sites (N-methyl/N-ethyl adjacent to an activating group) is 1. The van der Waals surface area contributed by atoms with Crippen LogP contribution >= 0.6 is 0 Å². The van der Waals surface area contributed by atoms with Crippen molar-refractivity contribution in [1.29, 1.82) is 0 Å². The summed E-state index contributed by atoms with van der Waals surface area (Å²) < 4.78 is 0. The van der Waals surface area contributed by atoms with Gasteiger partial charge in [0.15, 0.2) is 5.78 Å². The van der Waals surface area contributed by atoms with Crippen molar-refractivity contribution < 1.29 is 4.79 Å². The number of ketones is 1. The van der Waals surface area contributed by atoms with Crippen LogP contribution in [0.5, 0.6) is 0 Å². The van der Waals surface area contributed by atoms with Gasteiger partial charge in [0.2, 0.25) is 0 Å². The average molecular weight is 163 g/mol. The van der Waals surface area contributed by atoms with Gasteiger partial charge in [-0.3, -0.25) is 4.79 Å². The van der Waals surface area contributed by atoms with Crippen molar-refractivity contribution in [2.24, 2.45) is 0 Å². The molecule has 1 rings (SSSR count). The number of carbonyl (C=O) groups excluding carboxylic acids is 1. The van der Waals surface area contributed by atoms with Gasteiger partial charge in [-0.1, -0.05) is 30.3 Å². The lowest BCUT2D eigenvalue weighted by atomic mass is 10.1. The number of nitrogens with one attached hydrogen (secondary N) is 1. The van der Waals surface area contributed by atoms with Gasteiger partial charge in [0, 0.05) is 5.56 Å². The summed E-state index contributed by atoms with van der Waals surface area (Å²) in [5.41, 5.74) is 0.763. The van der Waals surface area contributed by atoms with Crippen LogP contribution in [0.3, 0.4) is 0 Å². The maximum Gasteiger partial charge on any atom is 0.179 e. The second kappa shape index (κ2) is 4.02. The monoisotopic (exact) mass is 163 g/mol. The highest BCUT2D eigenvalue weighted by Crippen LogP contribution is 2.02. The minimum Gasteiger partial charge on any atom is -0.310 e. The first-order valence-electron chi connectivity index (χ1n) is 4.02. The largest absolute Gasteiger partial charge is 0.310 e. The van der Waals surface area contributed by atoms with Crippen molar-refractivity contribution >= 4 is 5.78 Å².